The second kappa shape index (κ2) is 10.1. The molecule has 0 radical (unpaired) electrons. The number of anilines is 1. The lowest BCUT2D eigenvalue weighted by Crippen LogP contribution is -2.29. The zero-order valence-corrected chi connectivity index (χ0v) is 16.4. The largest absolute Gasteiger partial charge is 0.457 e. The topological polar surface area (TPSA) is 72.4 Å². The monoisotopic (exact) mass is 391 g/mol. The summed E-state index contributed by atoms with van der Waals surface area (Å²) < 4.78 is 7.44. The number of nitrogens with one attached hydrogen (secondary N) is 2. The summed E-state index contributed by atoms with van der Waals surface area (Å²) in [5.41, 5.74) is 1.86. The second-order valence-corrected chi connectivity index (χ2v) is 6.76. The summed E-state index contributed by atoms with van der Waals surface area (Å²) in [6.07, 6.45) is 3.38. The Labute approximate surface area is 170 Å². The molecule has 2 aromatic carbocycles. The fourth-order valence-electron chi connectivity index (χ4n) is 2.78. The van der Waals surface area contributed by atoms with Crippen molar-refractivity contribution >= 4 is 11.7 Å². The standard InChI is InChI=1S/C23H25N3O3/c1-18-7-11-20(12-8-18)29-21-13-9-19(10-14-21)25-23(28)24-15-3-5-17-26-16-4-2-6-22(26)27/h2,4,6-14,16H,3,5,15,17H2,1H3,(H2,24,25,28). The maximum absolute atomic E-state index is 12.0. The summed E-state index contributed by atoms with van der Waals surface area (Å²) in [6.45, 7) is 3.22. The number of rotatable bonds is 8. The molecule has 0 aliphatic heterocycles. The van der Waals surface area contributed by atoms with E-state index in [-0.39, 0.29) is 11.6 Å². The number of hydrogen-bond donors (Lipinski definition) is 2. The van der Waals surface area contributed by atoms with E-state index < -0.39 is 0 Å². The van der Waals surface area contributed by atoms with Crippen LogP contribution in [0.1, 0.15) is 18.4 Å². The Kier molecular flexibility index (Phi) is 7.05. The van der Waals surface area contributed by atoms with Crippen LogP contribution in [0.3, 0.4) is 0 Å². The number of ether oxygens (including phenoxy) is 1. The number of carbonyl (C=O) groups is 1. The van der Waals surface area contributed by atoms with Gasteiger partial charge in [-0.15, -0.1) is 0 Å². The van der Waals surface area contributed by atoms with Gasteiger partial charge in [0, 0.05) is 31.0 Å². The predicted octanol–water partition coefficient (Wildman–Crippen LogP) is 4.55. The first-order valence-corrected chi connectivity index (χ1v) is 9.65. The van der Waals surface area contributed by atoms with Gasteiger partial charge in [-0.3, -0.25) is 4.79 Å². The third-order valence-electron chi connectivity index (χ3n) is 4.38. The smallest absolute Gasteiger partial charge is 0.319 e. The number of nitrogens with zero attached hydrogens (tertiary/aromatic N) is 1. The summed E-state index contributed by atoms with van der Waals surface area (Å²) >= 11 is 0. The van der Waals surface area contributed by atoms with E-state index >= 15 is 0 Å². The van der Waals surface area contributed by atoms with Gasteiger partial charge in [0.2, 0.25) is 5.56 Å². The summed E-state index contributed by atoms with van der Waals surface area (Å²) in [5.74, 6) is 1.47. The molecule has 1 aromatic heterocycles. The Bertz CT molecular complexity index is 979. The van der Waals surface area contributed by atoms with Crippen LogP contribution in [0.5, 0.6) is 11.5 Å². The second-order valence-electron chi connectivity index (χ2n) is 6.76. The van der Waals surface area contributed by atoms with Gasteiger partial charge in [-0.25, -0.2) is 4.79 Å². The minimum Gasteiger partial charge on any atom is -0.457 e. The molecule has 0 fully saturated rings. The van der Waals surface area contributed by atoms with E-state index in [1.54, 1.807) is 35.0 Å². The first-order valence-electron chi connectivity index (χ1n) is 9.65. The van der Waals surface area contributed by atoms with E-state index in [9.17, 15) is 9.59 Å². The number of aromatic nitrogens is 1. The fourth-order valence-corrected chi connectivity index (χ4v) is 2.78. The molecule has 6 heteroatoms. The van der Waals surface area contributed by atoms with Crippen molar-refractivity contribution < 1.29 is 9.53 Å². The van der Waals surface area contributed by atoms with E-state index in [0.717, 1.165) is 18.6 Å². The normalized spacial score (nSPS) is 10.4. The van der Waals surface area contributed by atoms with Gasteiger partial charge in [0.1, 0.15) is 11.5 Å². The molecular formula is C23H25N3O3. The molecule has 3 rings (SSSR count). The highest BCUT2D eigenvalue weighted by Gasteiger charge is 2.03. The number of hydrogen-bond acceptors (Lipinski definition) is 3. The van der Waals surface area contributed by atoms with Crippen LogP contribution in [-0.2, 0) is 6.54 Å². The van der Waals surface area contributed by atoms with Crippen LogP contribution >= 0.6 is 0 Å². The Morgan fingerprint density at radius 3 is 2.31 bits per heavy atom. The zero-order valence-electron chi connectivity index (χ0n) is 16.4. The first kappa shape index (κ1) is 20.2. The lowest BCUT2D eigenvalue weighted by Gasteiger charge is -2.10. The molecule has 0 saturated heterocycles. The number of aryl methyl sites for hydroxylation is 2. The molecule has 29 heavy (non-hydrogen) atoms. The molecule has 1 heterocycles. The summed E-state index contributed by atoms with van der Waals surface area (Å²) in [5, 5.41) is 5.62. The molecule has 0 saturated carbocycles. The molecule has 0 aliphatic rings. The highest BCUT2D eigenvalue weighted by molar-refractivity contribution is 5.89. The van der Waals surface area contributed by atoms with Crippen molar-refractivity contribution in [3.05, 3.63) is 88.8 Å². The van der Waals surface area contributed by atoms with Crippen molar-refractivity contribution in [3.8, 4) is 11.5 Å². The van der Waals surface area contributed by atoms with Crippen molar-refractivity contribution in [1.29, 1.82) is 0 Å². The SMILES string of the molecule is Cc1ccc(Oc2ccc(NC(=O)NCCCCn3ccccc3=O)cc2)cc1. The molecular weight excluding hydrogens is 366 g/mol. The highest BCUT2D eigenvalue weighted by Crippen LogP contribution is 2.23. The van der Waals surface area contributed by atoms with Crippen LogP contribution in [0.4, 0.5) is 10.5 Å². The van der Waals surface area contributed by atoms with Crippen molar-refractivity contribution in [2.75, 3.05) is 11.9 Å². The van der Waals surface area contributed by atoms with Crippen LogP contribution in [-0.4, -0.2) is 17.1 Å². The van der Waals surface area contributed by atoms with Crippen molar-refractivity contribution in [2.45, 2.75) is 26.3 Å². The number of benzene rings is 2. The summed E-state index contributed by atoms with van der Waals surface area (Å²) in [7, 11) is 0. The van der Waals surface area contributed by atoms with Crippen LogP contribution in [0.15, 0.2) is 77.7 Å². The minimum absolute atomic E-state index is 0.00648. The van der Waals surface area contributed by atoms with Crippen molar-refractivity contribution in [2.24, 2.45) is 0 Å². The summed E-state index contributed by atoms with van der Waals surface area (Å²) in [6, 6.07) is 19.9. The number of carbonyl (C=O) groups excluding carboxylic acids is 1. The highest BCUT2D eigenvalue weighted by atomic mass is 16.5. The van der Waals surface area contributed by atoms with Gasteiger partial charge in [-0.05, 0) is 62.2 Å². The lowest BCUT2D eigenvalue weighted by atomic mass is 10.2. The maximum Gasteiger partial charge on any atom is 0.319 e. The average molecular weight is 391 g/mol. The van der Waals surface area contributed by atoms with Crippen molar-refractivity contribution in [3.63, 3.8) is 0 Å². The van der Waals surface area contributed by atoms with Gasteiger partial charge in [-0.1, -0.05) is 23.8 Å². The van der Waals surface area contributed by atoms with E-state index in [1.165, 1.54) is 5.56 Å². The average Bonchev–Trinajstić information content (AvgIpc) is 2.72. The third kappa shape index (κ3) is 6.53. The minimum atomic E-state index is -0.255. The molecule has 0 unspecified atom stereocenters. The van der Waals surface area contributed by atoms with E-state index in [0.29, 0.717) is 24.5 Å². The Balaban J connectivity index is 1.37. The molecule has 150 valence electrons. The van der Waals surface area contributed by atoms with E-state index in [2.05, 4.69) is 10.6 Å². The molecule has 0 atom stereocenters. The van der Waals surface area contributed by atoms with Crippen LogP contribution in [0.2, 0.25) is 0 Å². The first-order chi connectivity index (χ1) is 14.1. The molecule has 3 aromatic rings. The molecule has 0 spiro atoms. The van der Waals surface area contributed by atoms with Gasteiger partial charge >= 0.3 is 6.03 Å². The van der Waals surface area contributed by atoms with Gasteiger partial charge in [0.15, 0.2) is 0 Å². The van der Waals surface area contributed by atoms with Gasteiger partial charge in [0.05, 0.1) is 0 Å². The van der Waals surface area contributed by atoms with Crippen LogP contribution in [0.25, 0.3) is 0 Å². The maximum atomic E-state index is 12.0. The van der Waals surface area contributed by atoms with E-state index in [4.69, 9.17) is 4.74 Å². The molecule has 2 amide bonds. The van der Waals surface area contributed by atoms with E-state index in [1.807, 2.05) is 49.4 Å². The van der Waals surface area contributed by atoms with Crippen LogP contribution in [0, 0.1) is 6.92 Å². The molecule has 2 N–H and O–H groups in total. The zero-order chi connectivity index (χ0) is 20.5. The third-order valence-corrected chi connectivity index (χ3v) is 4.38. The number of amides is 2. The Morgan fingerprint density at radius 1 is 0.931 bits per heavy atom. The number of pyridine rings is 1. The quantitative estimate of drug-likeness (QED) is 0.553. The Hall–Kier alpha value is -3.54. The fraction of sp³-hybridized carbons (Fsp3) is 0.217. The predicted molar refractivity (Wildman–Crippen MR) is 115 cm³/mol. The number of urea groups is 1. The van der Waals surface area contributed by atoms with Gasteiger partial charge < -0.3 is 19.9 Å². The van der Waals surface area contributed by atoms with Crippen molar-refractivity contribution in [1.82, 2.24) is 9.88 Å². The van der Waals surface area contributed by atoms with Gasteiger partial charge in [-0.2, -0.15) is 0 Å². The number of unbranched alkanes of at least 4 members (excludes halogenated alkanes) is 1. The molecule has 6 nitrogen and oxygen atoms in total. The van der Waals surface area contributed by atoms with Crippen LogP contribution < -0.4 is 20.9 Å². The summed E-state index contributed by atoms with van der Waals surface area (Å²) in [4.78, 5) is 23.6. The Morgan fingerprint density at radius 2 is 1.62 bits per heavy atom. The molecule has 0 aliphatic carbocycles. The van der Waals surface area contributed by atoms with Gasteiger partial charge in [0.25, 0.3) is 0 Å². The molecule has 0 bridgehead atoms. The lowest BCUT2D eigenvalue weighted by molar-refractivity contribution is 0.252.